The highest BCUT2D eigenvalue weighted by molar-refractivity contribution is 5.42. The van der Waals surface area contributed by atoms with Gasteiger partial charge in [-0.2, -0.15) is 0 Å². The van der Waals surface area contributed by atoms with Crippen molar-refractivity contribution >= 4 is 0 Å². The summed E-state index contributed by atoms with van der Waals surface area (Å²) in [4.78, 5) is 4.25. The maximum absolute atomic E-state index is 9.73. The van der Waals surface area contributed by atoms with Crippen LogP contribution >= 0.6 is 0 Å². The standard InChI is InChI=1S/C10H13NO/c1-6-5-11-9(8-3-4-8)10(12)7(6)2/h5,8,12H,3-4H2,1-2H3. The molecule has 64 valence electrons. The molecule has 1 aliphatic carbocycles. The van der Waals surface area contributed by atoms with Crippen molar-refractivity contribution in [3.8, 4) is 5.75 Å². The van der Waals surface area contributed by atoms with Gasteiger partial charge < -0.3 is 5.11 Å². The van der Waals surface area contributed by atoms with Crippen molar-refractivity contribution in [1.82, 2.24) is 4.98 Å². The minimum absolute atomic E-state index is 0.414. The Labute approximate surface area is 72.3 Å². The van der Waals surface area contributed by atoms with Gasteiger partial charge in [0.05, 0.1) is 5.69 Å². The topological polar surface area (TPSA) is 33.1 Å². The number of rotatable bonds is 1. The van der Waals surface area contributed by atoms with E-state index in [1.54, 1.807) is 0 Å². The Hall–Kier alpha value is -1.05. The Morgan fingerprint density at radius 1 is 1.42 bits per heavy atom. The molecule has 1 heterocycles. The lowest BCUT2D eigenvalue weighted by Gasteiger charge is -2.06. The van der Waals surface area contributed by atoms with Gasteiger partial charge >= 0.3 is 0 Å². The first-order valence-corrected chi connectivity index (χ1v) is 4.35. The second-order valence-corrected chi connectivity index (χ2v) is 3.57. The van der Waals surface area contributed by atoms with Gasteiger partial charge in [0.15, 0.2) is 0 Å². The van der Waals surface area contributed by atoms with Gasteiger partial charge in [0.2, 0.25) is 0 Å². The van der Waals surface area contributed by atoms with E-state index in [0.717, 1.165) is 16.8 Å². The summed E-state index contributed by atoms with van der Waals surface area (Å²) < 4.78 is 0. The molecule has 1 saturated carbocycles. The number of hydrogen-bond donors (Lipinski definition) is 1. The summed E-state index contributed by atoms with van der Waals surface area (Å²) in [7, 11) is 0. The lowest BCUT2D eigenvalue weighted by Crippen LogP contribution is -1.92. The van der Waals surface area contributed by atoms with Gasteiger partial charge in [0, 0.05) is 12.1 Å². The number of aryl methyl sites for hydroxylation is 1. The zero-order valence-corrected chi connectivity index (χ0v) is 7.46. The maximum atomic E-state index is 9.73. The van der Waals surface area contributed by atoms with Gasteiger partial charge in [-0.15, -0.1) is 0 Å². The highest BCUT2D eigenvalue weighted by Gasteiger charge is 2.28. The van der Waals surface area contributed by atoms with Crippen molar-refractivity contribution in [1.29, 1.82) is 0 Å². The quantitative estimate of drug-likeness (QED) is 0.689. The van der Waals surface area contributed by atoms with Crippen LogP contribution in [0.2, 0.25) is 0 Å². The first kappa shape index (κ1) is 7.59. The van der Waals surface area contributed by atoms with Crippen LogP contribution in [0, 0.1) is 13.8 Å². The van der Waals surface area contributed by atoms with Crippen LogP contribution in [0.25, 0.3) is 0 Å². The van der Waals surface area contributed by atoms with E-state index in [-0.39, 0.29) is 0 Å². The van der Waals surface area contributed by atoms with E-state index in [1.807, 2.05) is 20.0 Å². The third-order valence-electron chi connectivity index (χ3n) is 2.55. The van der Waals surface area contributed by atoms with Crippen LogP contribution in [0.1, 0.15) is 35.6 Å². The lowest BCUT2D eigenvalue weighted by atomic mass is 10.1. The molecular weight excluding hydrogens is 150 g/mol. The molecule has 0 atom stereocenters. The first-order valence-electron chi connectivity index (χ1n) is 4.35. The van der Waals surface area contributed by atoms with E-state index in [9.17, 15) is 5.11 Å². The first-order chi connectivity index (χ1) is 5.70. The van der Waals surface area contributed by atoms with E-state index in [2.05, 4.69) is 4.98 Å². The molecule has 1 fully saturated rings. The summed E-state index contributed by atoms with van der Waals surface area (Å²) in [6.07, 6.45) is 4.22. The van der Waals surface area contributed by atoms with Gasteiger partial charge in [-0.05, 0) is 37.8 Å². The van der Waals surface area contributed by atoms with Gasteiger partial charge in [-0.25, -0.2) is 0 Å². The van der Waals surface area contributed by atoms with Crippen LogP contribution in [-0.4, -0.2) is 10.1 Å². The Kier molecular flexibility index (Phi) is 1.56. The molecule has 2 heteroatoms. The predicted molar refractivity (Wildman–Crippen MR) is 47.4 cm³/mol. The minimum atomic E-state index is 0.414. The van der Waals surface area contributed by atoms with Crippen molar-refractivity contribution in [3.05, 3.63) is 23.0 Å². The van der Waals surface area contributed by atoms with Gasteiger partial charge in [-0.1, -0.05) is 0 Å². The highest BCUT2D eigenvalue weighted by atomic mass is 16.3. The largest absolute Gasteiger partial charge is 0.506 e. The Bertz CT molecular complexity index is 316. The Morgan fingerprint density at radius 2 is 2.08 bits per heavy atom. The van der Waals surface area contributed by atoms with Gasteiger partial charge in [0.1, 0.15) is 5.75 Å². The number of pyridine rings is 1. The Balaban J connectivity index is 2.49. The predicted octanol–water partition coefficient (Wildman–Crippen LogP) is 2.28. The van der Waals surface area contributed by atoms with E-state index >= 15 is 0 Å². The maximum Gasteiger partial charge on any atom is 0.140 e. The number of aromatic hydroxyl groups is 1. The number of nitrogens with zero attached hydrogens (tertiary/aromatic N) is 1. The van der Waals surface area contributed by atoms with Crippen LogP contribution in [0.3, 0.4) is 0 Å². The summed E-state index contributed by atoms with van der Waals surface area (Å²) in [5.74, 6) is 0.946. The summed E-state index contributed by atoms with van der Waals surface area (Å²) >= 11 is 0. The third-order valence-corrected chi connectivity index (χ3v) is 2.55. The lowest BCUT2D eigenvalue weighted by molar-refractivity contribution is 0.459. The van der Waals surface area contributed by atoms with Crippen LogP contribution in [-0.2, 0) is 0 Å². The molecule has 1 N–H and O–H groups in total. The summed E-state index contributed by atoms with van der Waals surface area (Å²) in [6, 6.07) is 0. The zero-order chi connectivity index (χ0) is 8.72. The fourth-order valence-corrected chi connectivity index (χ4v) is 1.36. The molecule has 0 aromatic carbocycles. The van der Waals surface area contributed by atoms with Crippen molar-refractivity contribution in [2.75, 3.05) is 0 Å². The normalized spacial score (nSPS) is 16.5. The molecule has 0 bridgehead atoms. The third kappa shape index (κ3) is 1.07. The molecule has 0 saturated heterocycles. The average molecular weight is 163 g/mol. The van der Waals surface area contributed by atoms with Gasteiger partial charge in [-0.3, -0.25) is 4.98 Å². The smallest absolute Gasteiger partial charge is 0.140 e. The molecule has 12 heavy (non-hydrogen) atoms. The van der Waals surface area contributed by atoms with E-state index in [0.29, 0.717) is 11.7 Å². The van der Waals surface area contributed by atoms with Crippen LogP contribution in [0.5, 0.6) is 5.75 Å². The summed E-state index contributed by atoms with van der Waals surface area (Å²) in [6.45, 7) is 3.91. The zero-order valence-electron chi connectivity index (χ0n) is 7.46. The molecule has 0 aliphatic heterocycles. The highest BCUT2D eigenvalue weighted by Crippen LogP contribution is 2.43. The van der Waals surface area contributed by atoms with E-state index in [4.69, 9.17) is 0 Å². The molecule has 1 aliphatic rings. The summed E-state index contributed by atoms with van der Waals surface area (Å²) in [5, 5.41) is 9.73. The molecular formula is C10H13NO. The summed E-state index contributed by atoms with van der Waals surface area (Å²) in [5.41, 5.74) is 2.95. The van der Waals surface area contributed by atoms with E-state index in [1.165, 1.54) is 12.8 Å². The van der Waals surface area contributed by atoms with Crippen molar-refractivity contribution in [3.63, 3.8) is 0 Å². The molecule has 1 aromatic rings. The van der Waals surface area contributed by atoms with Gasteiger partial charge in [0.25, 0.3) is 0 Å². The van der Waals surface area contributed by atoms with Crippen molar-refractivity contribution < 1.29 is 5.11 Å². The van der Waals surface area contributed by atoms with Crippen LogP contribution < -0.4 is 0 Å². The molecule has 0 amide bonds. The van der Waals surface area contributed by atoms with Crippen molar-refractivity contribution in [2.24, 2.45) is 0 Å². The molecule has 0 spiro atoms. The molecule has 1 aromatic heterocycles. The molecule has 0 radical (unpaired) electrons. The molecule has 0 unspecified atom stereocenters. The number of aromatic nitrogens is 1. The fraction of sp³-hybridized carbons (Fsp3) is 0.500. The second kappa shape index (κ2) is 2.47. The monoisotopic (exact) mass is 163 g/mol. The fourth-order valence-electron chi connectivity index (χ4n) is 1.36. The van der Waals surface area contributed by atoms with E-state index < -0.39 is 0 Å². The van der Waals surface area contributed by atoms with Crippen molar-refractivity contribution in [2.45, 2.75) is 32.6 Å². The minimum Gasteiger partial charge on any atom is -0.506 e. The molecule has 2 rings (SSSR count). The average Bonchev–Trinajstić information content (AvgIpc) is 2.84. The second-order valence-electron chi connectivity index (χ2n) is 3.57. The Morgan fingerprint density at radius 3 is 2.67 bits per heavy atom. The molecule has 2 nitrogen and oxygen atoms in total. The van der Waals surface area contributed by atoms with Crippen LogP contribution in [0.15, 0.2) is 6.20 Å². The van der Waals surface area contributed by atoms with Crippen LogP contribution in [0.4, 0.5) is 0 Å². The number of hydrogen-bond acceptors (Lipinski definition) is 2. The SMILES string of the molecule is Cc1cnc(C2CC2)c(O)c1C.